The van der Waals surface area contributed by atoms with Crippen LogP contribution in [0.25, 0.3) is 0 Å². The molecule has 1 heterocycles. The SMILES string of the molecule is NN1CC(C(=O)O)=C(O)N=C1CCCc1ccccc1. The van der Waals surface area contributed by atoms with Crippen molar-refractivity contribution in [3.05, 3.63) is 47.4 Å². The molecule has 6 nitrogen and oxygen atoms in total. The topological polar surface area (TPSA) is 99.2 Å². The van der Waals surface area contributed by atoms with Gasteiger partial charge in [0.25, 0.3) is 0 Å². The maximum absolute atomic E-state index is 10.8. The number of carboxylic acid groups (broad SMARTS) is 1. The molecule has 0 saturated heterocycles. The Morgan fingerprint density at radius 1 is 1.30 bits per heavy atom. The lowest BCUT2D eigenvalue weighted by Gasteiger charge is -2.24. The highest BCUT2D eigenvalue weighted by Crippen LogP contribution is 2.15. The van der Waals surface area contributed by atoms with Gasteiger partial charge in [-0.3, -0.25) is 5.01 Å². The zero-order valence-electron chi connectivity index (χ0n) is 11.0. The number of rotatable bonds is 5. The third-order valence-corrected chi connectivity index (χ3v) is 3.13. The first-order chi connectivity index (χ1) is 9.58. The standard InChI is InChI=1S/C14H17N3O3/c15-17-9-11(14(19)20)13(18)16-12(17)8-4-7-10-5-2-1-3-6-10/h1-3,5-6,18H,4,7-9,15H2,(H,19,20). The van der Waals surface area contributed by atoms with E-state index >= 15 is 0 Å². The number of amidine groups is 1. The van der Waals surface area contributed by atoms with Crippen molar-refractivity contribution in [1.29, 1.82) is 0 Å². The molecular formula is C14H17N3O3. The summed E-state index contributed by atoms with van der Waals surface area (Å²) in [5.74, 6) is 4.59. The summed E-state index contributed by atoms with van der Waals surface area (Å²) >= 11 is 0. The van der Waals surface area contributed by atoms with Gasteiger partial charge in [-0.15, -0.1) is 0 Å². The third kappa shape index (κ3) is 3.36. The lowest BCUT2D eigenvalue weighted by atomic mass is 10.1. The van der Waals surface area contributed by atoms with Crippen LogP contribution < -0.4 is 5.84 Å². The average Bonchev–Trinajstić information content (AvgIpc) is 2.43. The van der Waals surface area contributed by atoms with E-state index in [1.165, 1.54) is 10.6 Å². The van der Waals surface area contributed by atoms with E-state index in [0.717, 1.165) is 12.8 Å². The minimum Gasteiger partial charge on any atom is -0.493 e. The number of aliphatic hydroxyl groups excluding tert-OH is 1. The lowest BCUT2D eigenvalue weighted by molar-refractivity contribution is -0.133. The second-order valence-electron chi connectivity index (χ2n) is 4.60. The zero-order valence-corrected chi connectivity index (χ0v) is 11.0. The fraction of sp³-hybridized carbons (Fsp3) is 0.286. The van der Waals surface area contributed by atoms with E-state index in [0.29, 0.717) is 12.3 Å². The Kier molecular flexibility index (Phi) is 4.37. The van der Waals surface area contributed by atoms with E-state index in [-0.39, 0.29) is 12.1 Å². The first kappa shape index (κ1) is 14.1. The minimum atomic E-state index is -1.20. The molecule has 0 unspecified atom stereocenters. The van der Waals surface area contributed by atoms with Crippen molar-refractivity contribution < 1.29 is 15.0 Å². The van der Waals surface area contributed by atoms with Crippen molar-refractivity contribution in [2.75, 3.05) is 6.54 Å². The monoisotopic (exact) mass is 275 g/mol. The van der Waals surface area contributed by atoms with Gasteiger partial charge >= 0.3 is 5.97 Å². The van der Waals surface area contributed by atoms with Gasteiger partial charge in [0, 0.05) is 6.42 Å². The van der Waals surface area contributed by atoms with Gasteiger partial charge in [-0.05, 0) is 18.4 Å². The van der Waals surface area contributed by atoms with Crippen LogP contribution in [0.2, 0.25) is 0 Å². The van der Waals surface area contributed by atoms with Crippen LogP contribution >= 0.6 is 0 Å². The van der Waals surface area contributed by atoms with E-state index in [4.69, 9.17) is 10.9 Å². The van der Waals surface area contributed by atoms with Crippen LogP contribution in [0.1, 0.15) is 18.4 Å². The predicted molar refractivity (Wildman–Crippen MR) is 75.0 cm³/mol. The second kappa shape index (κ2) is 6.21. The molecule has 0 amide bonds. The molecular weight excluding hydrogens is 258 g/mol. The molecule has 0 radical (unpaired) electrons. The zero-order chi connectivity index (χ0) is 14.5. The maximum atomic E-state index is 10.8. The maximum Gasteiger partial charge on any atom is 0.338 e. The number of nitrogens with zero attached hydrogens (tertiary/aromatic N) is 2. The summed E-state index contributed by atoms with van der Waals surface area (Å²) in [6.45, 7) is -0.0364. The van der Waals surface area contributed by atoms with Crippen molar-refractivity contribution in [1.82, 2.24) is 5.01 Å². The molecule has 4 N–H and O–H groups in total. The van der Waals surface area contributed by atoms with Crippen molar-refractivity contribution in [2.45, 2.75) is 19.3 Å². The number of hydrogen-bond acceptors (Lipinski definition) is 5. The summed E-state index contributed by atoms with van der Waals surface area (Å²) in [6, 6.07) is 10.0. The highest BCUT2D eigenvalue weighted by molar-refractivity contribution is 5.92. The van der Waals surface area contributed by atoms with Gasteiger partial charge in [0.1, 0.15) is 11.4 Å². The molecule has 2 rings (SSSR count). The van der Waals surface area contributed by atoms with E-state index in [1.807, 2.05) is 30.3 Å². The largest absolute Gasteiger partial charge is 0.493 e. The van der Waals surface area contributed by atoms with Gasteiger partial charge in [0.05, 0.1) is 6.54 Å². The Balaban J connectivity index is 1.96. The van der Waals surface area contributed by atoms with Crippen LogP contribution in [0.3, 0.4) is 0 Å². The third-order valence-electron chi connectivity index (χ3n) is 3.13. The van der Waals surface area contributed by atoms with E-state index in [1.54, 1.807) is 0 Å². The smallest absolute Gasteiger partial charge is 0.338 e. The van der Waals surface area contributed by atoms with E-state index in [2.05, 4.69) is 4.99 Å². The van der Waals surface area contributed by atoms with Gasteiger partial charge in [-0.2, -0.15) is 4.99 Å². The predicted octanol–water partition coefficient (Wildman–Crippen LogP) is 1.45. The Morgan fingerprint density at radius 3 is 2.65 bits per heavy atom. The van der Waals surface area contributed by atoms with Gasteiger partial charge in [0.15, 0.2) is 0 Å². The van der Waals surface area contributed by atoms with Crippen LogP contribution in [0.15, 0.2) is 46.8 Å². The quantitative estimate of drug-likeness (QED) is 0.706. The van der Waals surface area contributed by atoms with Crippen molar-refractivity contribution in [3.63, 3.8) is 0 Å². The minimum absolute atomic E-state index is 0.0364. The molecule has 20 heavy (non-hydrogen) atoms. The van der Waals surface area contributed by atoms with Crippen molar-refractivity contribution in [2.24, 2.45) is 10.8 Å². The molecule has 106 valence electrons. The van der Waals surface area contributed by atoms with E-state index < -0.39 is 11.9 Å². The Morgan fingerprint density at radius 2 is 2.00 bits per heavy atom. The van der Waals surface area contributed by atoms with Crippen molar-refractivity contribution in [3.8, 4) is 0 Å². The highest BCUT2D eigenvalue weighted by atomic mass is 16.4. The molecule has 0 atom stereocenters. The molecule has 0 bridgehead atoms. The van der Waals surface area contributed by atoms with Crippen LogP contribution in [0.4, 0.5) is 0 Å². The number of benzene rings is 1. The number of aliphatic carboxylic acids is 1. The number of aliphatic imine (C=N–C) groups is 1. The summed E-state index contributed by atoms with van der Waals surface area (Å²) < 4.78 is 0. The number of aliphatic hydroxyl groups is 1. The molecule has 6 heteroatoms. The van der Waals surface area contributed by atoms with Crippen LogP contribution in [0.5, 0.6) is 0 Å². The number of carbonyl (C=O) groups is 1. The van der Waals surface area contributed by atoms with Gasteiger partial charge in [-0.1, -0.05) is 30.3 Å². The van der Waals surface area contributed by atoms with E-state index in [9.17, 15) is 9.90 Å². The summed E-state index contributed by atoms with van der Waals surface area (Å²) in [7, 11) is 0. The number of hydrazine groups is 1. The summed E-state index contributed by atoms with van der Waals surface area (Å²) in [5.41, 5.74) is 1.04. The van der Waals surface area contributed by atoms with Crippen LogP contribution in [-0.2, 0) is 11.2 Å². The fourth-order valence-electron chi connectivity index (χ4n) is 2.04. The summed E-state index contributed by atoms with van der Waals surface area (Å²) in [5, 5.41) is 19.7. The molecule has 0 fully saturated rings. The molecule has 0 spiro atoms. The molecule has 1 aliphatic heterocycles. The summed E-state index contributed by atoms with van der Waals surface area (Å²) in [4.78, 5) is 14.7. The number of hydrogen-bond donors (Lipinski definition) is 3. The molecule has 1 aromatic rings. The first-order valence-electron chi connectivity index (χ1n) is 6.37. The van der Waals surface area contributed by atoms with Crippen molar-refractivity contribution >= 4 is 11.8 Å². The van der Waals surface area contributed by atoms with Crippen LogP contribution in [-0.4, -0.2) is 33.6 Å². The Bertz CT molecular complexity index is 552. The lowest BCUT2D eigenvalue weighted by Crippen LogP contribution is -2.42. The Labute approximate surface area is 116 Å². The number of aryl methyl sites for hydroxylation is 1. The van der Waals surface area contributed by atoms with Gasteiger partial charge in [-0.25, -0.2) is 10.6 Å². The molecule has 0 saturated carbocycles. The molecule has 1 aliphatic rings. The normalized spacial score (nSPS) is 15.2. The first-order valence-corrected chi connectivity index (χ1v) is 6.37. The molecule has 0 aliphatic carbocycles. The van der Waals surface area contributed by atoms with Gasteiger partial charge in [0.2, 0.25) is 5.88 Å². The second-order valence-corrected chi connectivity index (χ2v) is 4.60. The van der Waals surface area contributed by atoms with Crippen LogP contribution in [0, 0.1) is 0 Å². The molecule has 1 aromatic carbocycles. The Hall–Kier alpha value is -2.34. The fourth-order valence-corrected chi connectivity index (χ4v) is 2.04. The van der Waals surface area contributed by atoms with Gasteiger partial charge < -0.3 is 10.2 Å². The highest BCUT2D eigenvalue weighted by Gasteiger charge is 2.23. The summed E-state index contributed by atoms with van der Waals surface area (Å²) in [6.07, 6.45) is 2.29. The molecule has 0 aromatic heterocycles. The average molecular weight is 275 g/mol. The number of nitrogens with two attached hydrogens (primary N) is 1. The number of carboxylic acids is 1.